The molecule has 1 aliphatic rings. The zero-order valence-electron chi connectivity index (χ0n) is 14.8. The van der Waals surface area contributed by atoms with Crippen LogP contribution in [0.5, 0.6) is 5.75 Å². The van der Waals surface area contributed by atoms with Gasteiger partial charge in [0.05, 0.1) is 23.9 Å². The highest BCUT2D eigenvalue weighted by Crippen LogP contribution is 2.28. The molecule has 0 aromatic heterocycles. The van der Waals surface area contributed by atoms with Gasteiger partial charge in [-0.3, -0.25) is 9.69 Å². The predicted molar refractivity (Wildman–Crippen MR) is 103 cm³/mol. The summed E-state index contributed by atoms with van der Waals surface area (Å²) in [6, 6.07) is 15.4. The summed E-state index contributed by atoms with van der Waals surface area (Å²) in [6.45, 7) is 4.07. The minimum atomic E-state index is -0.00289. The number of anilines is 1. The van der Waals surface area contributed by atoms with Gasteiger partial charge in [0.15, 0.2) is 0 Å². The zero-order valence-corrected chi connectivity index (χ0v) is 15.5. The van der Waals surface area contributed by atoms with Gasteiger partial charge in [-0.2, -0.15) is 0 Å². The molecule has 1 aliphatic heterocycles. The number of para-hydroxylation sites is 1. The number of amides is 1. The summed E-state index contributed by atoms with van der Waals surface area (Å²) in [4.78, 5) is 16.6. The molecular formula is C20H23ClN2O3. The molecule has 1 amide bonds. The standard InChI is InChI=1S/C20H23ClN2O3/c1-15-12-23(19-5-3-2-4-18(19)21)20(25)14-22(15)13-16-6-8-17(9-7-16)26-11-10-24/h2-9,15,24H,10-14H2,1H3. The van der Waals surface area contributed by atoms with Gasteiger partial charge in [-0.05, 0) is 36.8 Å². The lowest BCUT2D eigenvalue weighted by molar-refractivity contribution is -0.122. The number of hydrogen-bond donors (Lipinski definition) is 1. The number of piperazine rings is 1. The molecule has 1 N–H and O–H groups in total. The molecule has 1 atom stereocenters. The second kappa shape index (κ2) is 8.54. The first-order chi connectivity index (χ1) is 12.6. The quantitative estimate of drug-likeness (QED) is 0.844. The molecule has 6 heteroatoms. The maximum absolute atomic E-state index is 12.6. The number of aliphatic hydroxyl groups is 1. The fourth-order valence-corrected chi connectivity index (χ4v) is 3.34. The minimum absolute atomic E-state index is 0.00289. The lowest BCUT2D eigenvalue weighted by atomic mass is 10.1. The molecule has 1 saturated heterocycles. The highest BCUT2D eigenvalue weighted by molar-refractivity contribution is 6.33. The van der Waals surface area contributed by atoms with Gasteiger partial charge < -0.3 is 14.7 Å². The highest BCUT2D eigenvalue weighted by atomic mass is 35.5. The Morgan fingerprint density at radius 2 is 1.92 bits per heavy atom. The largest absolute Gasteiger partial charge is 0.491 e. The number of nitrogens with zero attached hydrogens (tertiary/aromatic N) is 2. The van der Waals surface area contributed by atoms with Gasteiger partial charge in [-0.25, -0.2) is 0 Å². The Morgan fingerprint density at radius 1 is 1.19 bits per heavy atom. The average molecular weight is 375 g/mol. The van der Waals surface area contributed by atoms with Crippen molar-refractivity contribution in [3.63, 3.8) is 0 Å². The third-order valence-corrected chi connectivity index (χ3v) is 4.84. The van der Waals surface area contributed by atoms with Crippen LogP contribution in [0.3, 0.4) is 0 Å². The second-order valence-electron chi connectivity index (χ2n) is 6.43. The van der Waals surface area contributed by atoms with Crippen molar-refractivity contribution in [3.05, 3.63) is 59.1 Å². The van der Waals surface area contributed by atoms with E-state index in [0.717, 1.165) is 17.0 Å². The lowest BCUT2D eigenvalue weighted by Crippen LogP contribution is -2.54. The molecule has 1 unspecified atom stereocenters. The van der Waals surface area contributed by atoms with Crippen LogP contribution in [0.25, 0.3) is 0 Å². The van der Waals surface area contributed by atoms with E-state index in [1.54, 1.807) is 4.90 Å². The van der Waals surface area contributed by atoms with Crippen molar-refractivity contribution in [2.45, 2.75) is 19.5 Å². The van der Waals surface area contributed by atoms with Gasteiger partial charge in [0, 0.05) is 19.1 Å². The van der Waals surface area contributed by atoms with Crippen molar-refractivity contribution in [1.82, 2.24) is 4.90 Å². The summed E-state index contributed by atoms with van der Waals surface area (Å²) in [7, 11) is 0. The van der Waals surface area contributed by atoms with Crippen molar-refractivity contribution >= 4 is 23.2 Å². The minimum Gasteiger partial charge on any atom is -0.491 e. The van der Waals surface area contributed by atoms with E-state index in [1.165, 1.54) is 0 Å². The van der Waals surface area contributed by atoms with Gasteiger partial charge in [0.2, 0.25) is 5.91 Å². The maximum atomic E-state index is 12.6. The smallest absolute Gasteiger partial charge is 0.241 e. The van der Waals surface area contributed by atoms with Gasteiger partial charge >= 0.3 is 0 Å². The van der Waals surface area contributed by atoms with Crippen LogP contribution in [-0.2, 0) is 11.3 Å². The van der Waals surface area contributed by atoms with Crippen LogP contribution in [0.15, 0.2) is 48.5 Å². The summed E-state index contributed by atoms with van der Waals surface area (Å²) in [5, 5.41) is 9.39. The van der Waals surface area contributed by atoms with E-state index in [1.807, 2.05) is 48.5 Å². The normalized spacial score (nSPS) is 18.2. The van der Waals surface area contributed by atoms with Crippen LogP contribution < -0.4 is 9.64 Å². The van der Waals surface area contributed by atoms with E-state index in [2.05, 4.69) is 11.8 Å². The first kappa shape index (κ1) is 18.7. The van der Waals surface area contributed by atoms with Crippen LogP contribution >= 0.6 is 11.6 Å². The molecule has 3 rings (SSSR count). The number of hydrogen-bond acceptors (Lipinski definition) is 4. The van der Waals surface area contributed by atoms with Crippen molar-refractivity contribution < 1.29 is 14.6 Å². The number of halogens is 1. The van der Waals surface area contributed by atoms with Gasteiger partial charge in [0.25, 0.3) is 0 Å². The van der Waals surface area contributed by atoms with Gasteiger partial charge in [-0.1, -0.05) is 35.9 Å². The molecular weight excluding hydrogens is 352 g/mol. The van der Waals surface area contributed by atoms with E-state index < -0.39 is 0 Å². The first-order valence-electron chi connectivity index (χ1n) is 8.70. The Morgan fingerprint density at radius 3 is 2.62 bits per heavy atom. The predicted octanol–water partition coefficient (Wildman–Crippen LogP) is 2.95. The molecule has 5 nitrogen and oxygen atoms in total. The van der Waals surface area contributed by atoms with E-state index in [-0.39, 0.29) is 25.2 Å². The number of carbonyl (C=O) groups excluding carboxylic acids is 1. The van der Waals surface area contributed by atoms with E-state index >= 15 is 0 Å². The molecule has 2 aromatic rings. The van der Waals surface area contributed by atoms with Crippen molar-refractivity contribution in [2.75, 3.05) is 31.2 Å². The third kappa shape index (κ3) is 4.36. The molecule has 0 saturated carbocycles. The molecule has 26 heavy (non-hydrogen) atoms. The molecule has 0 spiro atoms. The summed E-state index contributed by atoms with van der Waals surface area (Å²) >= 11 is 6.25. The third-order valence-electron chi connectivity index (χ3n) is 4.52. The lowest BCUT2D eigenvalue weighted by Gasteiger charge is -2.39. The van der Waals surface area contributed by atoms with Crippen LogP contribution in [0.1, 0.15) is 12.5 Å². The topological polar surface area (TPSA) is 53.0 Å². The highest BCUT2D eigenvalue weighted by Gasteiger charge is 2.31. The fraction of sp³-hybridized carbons (Fsp3) is 0.350. The van der Waals surface area contributed by atoms with Gasteiger partial charge in [0.1, 0.15) is 12.4 Å². The van der Waals surface area contributed by atoms with E-state index in [9.17, 15) is 4.79 Å². The Balaban J connectivity index is 1.64. The Kier molecular flexibility index (Phi) is 6.14. The molecule has 138 valence electrons. The van der Waals surface area contributed by atoms with E-state index in [4.69, 9.17) is 21.4 Å². The second-order valence-corrected chi connectivity index (χ2v) is 6.83. The van der Waals surface area contributed by atoms with Crippen LogP contribution in [0.4, 0.5) is 5.69 Å². The number of ether oxygens (including phenoxy) is 1. The number of rotatable bonds is 6. The van der Waals surface area contributed by atoms with Crippen LogP contribution in [0, 0.1) is 0 Å². The van der Waals surface area contributed by atoms with E-state index in [0.29, 0.717) is 24.7 Å². The number of aliphatic hydroxyl groups excluding tert-OH is 1. The van der Waals surface area contributed by atoms with Crippen molar-refractivity contribution in [2.24, 2.45) is 0 Å². The maximum Gasteiger partial charge on any atom is 0.241 e. The Bertz CT molecular complexity index is 751. The van der Waals surface area contributed by atoms with Crippen LogP contribution in [0.2, 0.25) is 5.02 Å². The molecule has 1 fully saturated rings. The Hall–Kier alpha value is -2.08. The summed E-state index contributed by atoms with van der Waals surface area (Å²) in [5.41, 5.74) is 1.89. The fourth-order valence-electron chi connectivity index (χ4n) is 3.10. The van der Waals surface area contributed by atoms with Gasteiger partial charge in [-0.15, -0.1) is 0 Å². The summed E-state index contributed by atoms with van der Waals surface area (Å²) in [5.74, 6) is 0.787. The zero-order chi connectivity index (χ0) is 18.5. The first-order valence-corrected chi connectivity index (χ1v) is 9.08. The monoisotopic (exact) mass is 374 g/mol. The number of carbonyl (C=O) groups is 1. The molecule has 0 bridgehead atoms. The molecule has 2 aromatic carbocycles. The molecule has 1 heterocycles. The average Bonchev–Trinajstić information content (AvgIpc) is 2.64. The summed E-state index contributed by atoms with van der Waals surface area (Å²) in [6.07, 6.45) is 0. The summed E-state index contributed by atoms with van der Waals surface area (Å²) < 4.78 is 5.38. The molecule has 0 aliphatic carbocycles. The Labute approximate surface area is 158 Å². The van der Waals surface area contributed by atoms with Crippen molar-refractivity contribution in [3.8, 4) is 5.75 Å². The van der Waals surface area contributed by atoms with Crippen LogP contribution in [-0.4, -0.2) is 48.3 Å². The number of benzene rings is 2. The SMILES string of the molecule is CC1CN(c2ccccc2Cl)C(=O)CN1Cc1ccc(OCCO)cc1. The molecule has 0 radical (unpaired) electrons. The van der Waals surface area contributed by atoms with Crippen molar-refractivity contribution in [1.29, 1.82) is 0 Å².